The number of carbonyl (C=O) groups is 1. The zero-order valence-corrected chi connectivity index (χ0v) is 12.7. The number of likely N-dealkylation sites (N-methyl/N-ethyl adjacent to an activating group) is 1. The van der Waals surface area contributed by atoms with Gasteiger partial charge in [0.25, 0.3) is 0 Å². The van der Waals surface area contributed by atoms with Gasteiger partial charge in [-0.2, -0.15) is 0 Å². The average Bonchev–Trinajstić information content (AvgIpc) is 2.33. The summed E-state index contributed by atoms with van der Waals surface area (Å²) in [6.07, 6.45) is 2.54. The van der Waals surface area contributed by atoms with Crippen molar-refractivity contribution >= 4 is 5.91 Å². The first-order valence-electron chi connectivity index (χ1n) is 7.75. The fourth-order valence-corrected chi connectivity index (χ4v) is 3.33. The van der Waals surface area contributed by atoms with E-state index in [0.717, 1.165) is 25.6 Å². The van der Waals surface area contributed by atoms with Crippen molar-refractivity contribution in [3.63, 3.8) is 0 Å². The SMILES string of the molecule is CCNCC(=O)N1CC2(CCN(CC(C)C)CC2)C1.[HH]. The van der Waals surface area contributed by atoms with Crippen LogP contribution in [-0.4, -0.2) is 61.5 Å². The summed E-state index contributed by atoms with van der Waals surface area (Å²) in [7, 11) is 0. The van der Waals surface area contributed by atoms with E-state index in [-0.39, 0.29) is 7.33 Å². The van der Waals surface area contributed by atoms with Gasteiger partial charge in [0.1, 0.15) is 0 Å². The summed E-state index contributed by atoms with van der Waals surface area (Å²) in [5, 5.41) is 3.12. The van der Waals surface area contributed by atoms with Crippen LogP contribution in [0.15, 0.2) is 0 Å². The minimum Gasteiger partial charge on any atom is -0.340 e. The third kappa shape index (κ3) is 3.69. The Morgan fingerprint density at radius 2 is 1.95 bits per heavy atom. The lowest BCUT2D eigenvalue weighted by Crippen LogP contribution is -2.63. The monoisotopic (exact) mass is 269 g/mol. The smallest absolute Gasteiger partial charge is 0.236 e. The minimum atomic E-state index is 0. The maximum atomic E-state index is 11.9. The second-order valence-electron chi connectivity index (χ2n) is 6.72. The number of rotatable bonds is 5. The second kappa shape index (κ2) is 6.23. The van der Waals surface area contributed by atoms with E-state index in [2.05, 4.69) is 24.1 Å². The zero-order valence-electron chi connectivity index (χ0n) is 12.7. The van der Waals surface area contributed by atoms with Crippen LogP contribution in [0.3, 0.4) is 0 Å². The minimum absolute atomic E-state index is 0. The van der Waals surface area contributed by atoms with Crippen molar-refractivity contribution in [1.29, 1.82) is 0 Å². The molecule has 1 amide bonds. The van der Waals surface area contributed by atoms with Crippen molar-refractivity contribution in [2.24, 2.45) is 11.3 Å². The quantitative estimate of drug-likeness (QED) is 0.820. The van der Waals surface area contributed by atoms with Gasteiger partial charge < -0.3 is 15.1 Å². The highest BCUT2D eigenvalue weighted by Crippen LogP contribution is 2.40. The maximum Gasteiger partial charge on any atom is 0.236 e. The van der Waals surface area contributed by atoms with Crippen molar-refractivity contribution in [3.8, 4) is 0 Å². The molecule has 2 heterocycles. The molecule has 0 aliphatic carbocycles. The number of nitrogens with one attached hydrogen (secondary N) is 1. The third-order valence-electron chi connectivity index (χ3n) is 4.47. The van der Waals surface area contributed by atoms with E-state index >= 15 is 0 Å². The number of likely N-dealkylation sites (tertiary alicyclic amines) is 2. The molecule has 1 spiro atoms. The van der Waals surface area contributed by atoms with Gasteiger partial charge in [0.2, 0.25) is 5.91 Å². The third-order valence-corrected chi connectivity index (χ3v) is 4.47. The average molecular weight is 269 g/mol. The Morgan fingerprint density at radius 3 is 2.47 bits per heavy atom. The van der Waals surface area contributed by atoms with Crippen LogP contribution in [0.1, 0.15) is 35.0 Å². The predicted molar refractivity (Wildman–Crippen MR) is 80.2 cm³/mol. The van der Waals surface area contributed by atoms with Gasteiger partial charge in [-0.25, -0.2) is 0 Å². The van der Waals surface area contributed by atoms with Crippen LogP contribution in [0.2, 0.25) is 0 Å². The van der Waals surface area contributed by atoms with Crippen LogP contribution >= 0.6 is 0 Å². The molecule has 0 unspecified atom stereocenters. The van der Waals surface area contributed by atoms with Gasteiger partial charge in [0, 0.05) is 26.5 Å². The van der Waals surface area contributed by atoms with Crippen LogP contribution in [0.5, 0.6) is 0 Å². The fraction of sp³-hybridized carbons (Fsp3) is 0.933. The summed E-state index contributed by atoms with van der Waals surface area (Å²) in [5.41, 5.74) is 0.454. The van der Waals surface area contributed by atoms with Crippen LogP contribution in [0.4, 0.5) is 0 Å². The molecule has 4 heteroatoms. The first kappa shape index (κ1) is 14.8. The molecule has 0 saturated carbocycles. The van der Waals surface area contributed by atoms with Crippen LogP contribution in [0, 0.1) is 11.3 Å². The molecule has 2 aliphatic rings. The van der Waals surface area contributed by atoms with Gasteiger partial charge in [0.15, 0.2) is 0 Å². The van der Waals surface area contributed by atoms with Crippen molar-refractivity contribution < 1.29 is 6.22 Å². The topological polar surface area (TPSA) is 35.6 Å². The van der Waals surface area contributed by atoms with Crippen LogP contribution < -0.4 is 5.32 Å². The van der Waals surface area contributed by atoms with Gasteiger partial charge in [-0.3, -0.25) is 4.79 Å². The lowest BCUT2D eigenvalue weighted by molar-refractivity contribution is -0.145. The Bertz CT molecular complexity index is 306. The summed E-state index contributed by atoms with van der Waals surface area (Å²) in [6, 6.07) is 0. The van der Waals surface area contributed by atoms with E-state index in [9.17, 15) is 4.79 Å². The van der Waals surface area contributed by atoms with E-state index in [1.54, 1.807) is 0 Å². The Hall–Kier alpha value is -0.610. The molecule has 2 rings (SSSR count). The summed E-state index contributed by atoms with van der Waals surface area (Å²) in [5.74, 6) is 1.03. The van der Waals surface area contributed by atoms with Gasteiger partial charge in [0.05, 0.1) is 6.54 Å². The molecule has 2 aliphatic heterocycles. The molecule has 4 nitrogen and oxygen atoms in total. The van der Waals surface area contributed by atoms with E-state index in [0.29, 0.717) is 12.0 Å². The molecule has 0 bridgehead atoms. The number of hydrogen-bond donors (Lipinski definition) is 1. The molecule has 0 radical (unpaired) electrons. The summed E-state index contributed by atoms with van der Waals surface area (Å²) < 4.78 is 0. The van der Waals surface area contributed by atoms with E-state index in [4.69, 9.17) is 0 Å². The number of nitrogens with zero attached hydrogens (tertiary/aromatic N) is 2. The fourth-order valence-electron chi connectivity index (χ4n) is 3.33. The standard InChI is InChI=1S/C15H29N3O.H2/c1-4-16-9-14(19)18-11-15(12-18)5-7-17(8-6-15)10-13(2)3;/h13,16H,4-12H2,1-3H3;1H. The first-order valence-corrected chi connectivity index (χ1v) is 7.75. The van der Waals surface area contributed by atoms with Gasteiger partial charge >= 0.3 is 0 Å². The molecule has 0 aromatic rings. The van der Waals surface area contributed by atoms with Crippen LogP contribution in [-0.2, 0) is 4.79 Å². The molecule has 2 saturated heterocycles. The summed E-state index contributed by atoms with van der Waals surface area (Å²) in [4.78, 5) is 16.5. The molecule has 2 fully saturated rings. The van der Waals surface area contributed by atoms with Crippen molar-refractivity contribution in [3.05, 3.63) is 0 Å². The Balaban J connectivity index is 0.00000200. The van der Waals surface area contributed by atoms with Gasteiger partial charge in [-0.15, -0.1) is 0 Å². The Kier molecular flexibility index (Phi) is 4.85. The van der Waals surface area contributed by atoms with Crippen molar-refractivity contribution in [1.82, 2.24) is 15.1 Å². The molecule has 0 aromatic carbocycles. The molecule has 1 N–H and O–H groups in total. The Morgan fingerprint density at radius 1 is 1.32 bits per heavy atom. The normalized spacial score (nSPS) is 22.8. The highest BCUT2D eigenvalue weighted by molar-refractivity contribution is 5.79. The highest BCUT2D eigenvalue weighted by atomic mass is 16.2. The summed E-state index contributed by atoms with van der Waals surface area (Å²) in [6.45, 7) is 13.6. The first-order chi connectivity index (χ1) is 9.04. The number of amides is 1. The molecule has 0 atom stereocenters. The zero-order chi connectivity index (χ0) is 13.9. The van der Waals surface area contributed by atoms with Crippen LogP contribution in [0.25, 0.3) is 0 Å². The number of carbonyl (C=O) groups excluding carboxylic acids is 1. The predicted octanol–water partition coefficient (Wildman–Crippen LogP) is 1.42. The molecule has 0 aromatic heterocycles. The summed E-state index contributed by atoms with van der Waals surface area (Å²) >= 11 is 0. The molecular formula is C15H31N3O. The largest absolute Gasteiger partial charge is 0.340 e. The van der Waals surface area contributed by atoms with Gasteiger partial charge in [-0.1, -0.05) is 20.8 Å². The number of hydrogen-bond acceptors (Lipinski definition) is 3. The van der Waals surface area contributed by atoms with Crippen molar-refractivity contribution in [2.75, 3.05) is 45.8 Å². The number of piperidine rings is 1. The lowest BCUT2D eigenvalue weighted by Gasteiger charge is -2.54. The molecular weight excluding hydrogens is 238 g/mol. The highest BCUT2D eigenvalue weighted by Gasteiger charge is 2.46. The maximum absolute atomic E-state index is 11.9. The van der Waals surface area contributed by atoms with E-state index in [1.165, 1.54) is 32.5 Å². The van der Waals surface area contributed by atoms with E-state index in [1.807, 2.05) is 11.8 Å². The van der Waals surface area contributed by atoms with Gasteiger partial charge in [-0.05, 0) is 38.4 Å². The van der Waals surface area contributed by atoms with Crippen molar-refractivity contribution in [2.45, 2.75) is 33.6 Å². The molecule has 112 valence electrons. The second-order valence-corrected chi connectivity index (χ2v) is 6.72. The Labute approximate surface area is 119 Å². The van der Waals surface area contributed by atoms with E-state index < -0.39 is 0 Å². The lowest BCUT2D eigenvalue weighted by atomic mass is 9.72. The molecule has 19 heavy (non-hydrogen) atoms.